The summed E-state index contributed by atoms with van der Waals surface area (Å²) in [5.74, 6) is 0. The molecule has 0 aliphatic carbocycles. The van der Waals surface area contributed by atoms with Crippen LogP contribution in [0.15, 0.2) is 0 Å². The Morgan fingerprint density at radius 1 is 1.73 bits per heavy atom. The van der Waals surface area contributed by atoms with Crippen LogP contribution in [0.25, 0.3) is 0 Å². The van der Waals surface area contributed by atoms with Crippen molar-refractivity contribution in [1.29, 1.82) is 0 Å². The zero-order valence-electron chi connectivity index (χ0n) is 6.79. The summed E-state index contributed by atoms with van der Waals surface area (Å²) in [6, 6.07) is 0. The van der Waals surface area contributed by atoms with Crippen molar-refractivity contribution in [2.45, 2.75) is 24.8 Å². The molecule has 5 heteroatoms. The first-order chi connectivity index (χ1) is 4.99. The fourth-order valence-corrected chi connectivity index (χ4v) is 2.94. The minimum atomic E-state index is -0.0833. The molecule has 0 unspecified atom stereocenters. The number of hydrogen-bond donors (Lipinski definition) is 2. The van der Waals surface area contributed by atoms with Crippen LogP contribution in [0, 0.1) is 0 Å². The second-order valence-corrected chi connectivity index (χ2v) is 5.40. The normalized spacial score (nSPS) is 29.6. The molecule has 64 valence electrons. The van der Waals surface area contributed by atoms with E-state index in [9.17, 15) is 0 Å². The molecule has 0 aromatic rings. The zero-order valence-corrected chi connectivity index (χ0v) is 8.42. The fourth-order valence-electron chi connectivity index (χ4n) is 1.17. The van der Waals surface area contributed by atoms with Gasteiger partial charge in [-0.2, -0.15) is 5.48 Å². The molecule has 2 N–H and O–H groups in total. The van der Waals surface area contributed by atoms with Crippen molar-refractivity contribution < 1.29 is 5.21 Å². The molecule has 11 heavy (non-hydrogen) atoms. The van der Waals surface area contributed by atoms with E-state index in [1.54, 1.807) is 11.8 Å². The van der Waals surface area contributed by atoms with E-state index in [0.717, 1.165) is 4.32 Å². The summed E-state index contributed by atoms with van der Waals surface area (Å²) in [7, 11) is 1.87. The van der Waals surface area contributed by atoms with Gasteiger partial charge in [0.15, 0.2) is 0 Å². The molecule has 1 heterocycles. The van der Waals surface area contributed by atoms with E-state index in [-0.39, 0.29) is 10.9 Å². The van der Waals surface area contributed by atoms with Gasteiger partial charge >= 0.3 is 0 Å². The molecule has 0 aromatic carbocycles. The Morgan fingerprint density at radius 2 is 2.27 bits per heavy atom. The maximum absolute atomic E-state index is 8.83. The molecular weight excluding hydrogens is 180 g/mol. The van der Waals surface area contributed by atoms with Crippen molar-refractivity contribution in [1.82, 2.24) is 10.4 Å². The quantitative estimate of drug-likeness (QED) is 0.479. The number of thiocarbonyl (C=S) groups is 1. The van der Waals surface area contributed by atoms with Gasteiger partial charge in [0.05, 0.1) is 4.75 Å². The topological polar surface area (TPSA) is 35.5 Å². The van der Waals surface area contributed by atoms with Gasteiger partial charge < -0.3 is 10.1 Å². The van der Waals surface area contributed by atoms with Gasteiger partial charge in [-0.05, 0) is 13.8 Å². The lowest BCUT2D eigenvalue weighted by Gasteiger charge is -2.27. The number of rotatable bonds is 1. The summed E-state index contributed by atoms with van der Waals surface area (Å²) in [5, 5.41) is 8.83. The van der Waals surface area contributed by atoms with Crippen molar-refractivity contribution >= 4 is 28.3 Å². The van der Waals surface area contributed by atoms with Crippen LogP contribution in [0.2, 0.25) is 0 Å². The summed E-state index contributed by atoms with van der Waals surface area (Å²) in [4.78, 5) is 1.86. The molecule has 1 rings (SSSR count). The summed E-state index contributed by atoms with van der Waals surface area (Å²) in [5.41, 5.74) is 2.25. The maximum atomic E-state index is 8.83. The van der Waals surface area contributed by atoms with Crippen molar-refractivity contribution in [2.75, 3.05) is 7.05 Å². The lowest BCUT2D eigenvalue weighted by molar-refractivity contribution is 0.0662. The summed E-state index contributed by atoms with van der Waals surface area (Å²) in [6.45, 7) is 4.09. The van der Waals surface area contributed by atoms with E-state index < -0.39 is 0 Å². The van der Waals surface area contributed by atoms with Gasteiger partial charge in [-0.25, -0.2) is 0 Å². The third-order valence-corrected chi connectivity index (χ3v) is 3.56. The molecule has 1 saturated heterocycles. The van der Waals surface area contributed by atoms with Crippen molar-refractivity contribution in [3.05, 3.63) is 0 Å². The summed E-state index contributed by atoms with van der Waals surface area (Å²) in [6.07, 6.45) is -0.0833. The molecule has 1 atom stereocenters. The summed E-state index contributed by atoms with van der Waals surface area (Å²) >= 11 is 6.67. The van der Waals surface area contributed by atoms with Gasteiger partial charge in [0.2, 0.25) is 0 Å². The van der Waals surface area contributed by atoms with Gasteiger partial charge in [-0.3, -0.25) is 0 Å². The molecule has 1 aliphatic rings. The largest absolute Gasteiger partial charge is 0.342 e. The van der Waals surface area contributed by atoms with E-state index in [4.69, 9.17) is 17.4 Å². The van der Waals surface area contributed by atoms with Crippen LogP contribution in [-0.2, 0) is 0 Å². The Kier molecular flexibility index (Phi) is 2.43. The molecule has 3 nitrogen and oxygen atoms in total. The van der Waals surface area contributed by atoms with Crippen LogP contribution in [0.4, 0.5) is 0 Å². The number of hydroxylamine groups is 1. The Morgan fingerprint density at radius 3 is 2.45 bits per heavy atom. The lowest BCUT2D eigenvalue weighted by Crippen LogP contribution is -2.48. The van der Waals surface area contributed by atoms with Crippen LogP contribution in [-0.4, -0.2) is 32.4 Å². The van der Waals surface area contributed by atoms with E-state index in [1.165, 1.54) is 0 Å². The van der Waals surface area contributed by atoms with E-state index in [0.29, 0.717) is 0 Å². The second-order valence-electron chi connectivity index (χ2n) is 3.11. The highest BCUT2D eigenvalue weighted by Gasteiger charge is 2.42. The van der Waals surface area contributed by atoms with E-state index >= 15 is 0 Å². The summed E-state index contributed by atoms with van der Waals surface area (Å²) < 4.78 is 0.766. The number of nitrogens with one attached hydrogen (secondary N) is 1. The van der Waals surface area contributed by atoms with E-state index in [2.05, 4.69) is 5.48 Å². The molecule has 0 bridgehead atoms. The number of nitrogens with zero attached hydrogens (tertiary/aromatic N) is 1. The first-order valence-corrected chi connectivity index (χ1v) is 4.57. The van der Waals surface area contributed by atoms with Crippen molar-refractivity contribution in [3.63, 3.8) is 0 Å². The highest BCUT2D eigenvalue weighted by Crippen LogP contribution is 2.38. The van der Waals surface area contributed by atoms with Crippen molar-refractivity contribution in [2.24, 2.45) is 0 Å². The maximum Gasteiger partial charge on any atom is 0.138 e. The Hall–Kier alpha value is 0.160. The smallest absolute Gasteiger partial charge is 0.138 e. The highest BCUT2D eigenvalue weighted by atomic mass is 32.2. The van der Waals surface area contributed by atoms with Gasteiger partial charge in [-0.15, -0.1) is 0 Å². The van der Waals surface area contributed by atoms with Crippen LogP contribution in [0.3, 0.4) is 0 Å². The predicted octanol–water partition coefficient (Wildman–Crippen LogP) is 1.03. The minimum absolute atomic E-state index is 0.0550. The van der Waals surface area contributed by atoms with Gasteiger partial charge in [0, 0.05) is 7.05 Å². The van der Waals surface area contributed by atoms with Crippen LogP contribution < -0.4 is 5.48 Å². The molecule has 0 spiro atoms. The number of thioether (sulfide) groups is 1. The fraction of sp³-hybridized carbons (Fsp3) is 0.833. The SMILES string of the molecule is CN1C(=S)SC(C)(C)[C@H]1NO. The van der Waals surface area contributed by atoms with Gasteiger partial charge in [0.1, 0.15) is 10.5 Å². The van der Waals surface area contributed by atoms with Crippen LogP contribution >= 0.6 is 24.0 Å². The second kappa shape index (κ2) is 2.90. The number of hydrogen-bond acceptors (Lipinski definition) is 4. The lowest BCUT2D eigenvalue weighted by atomic mass is 10.1. The van der Waals surface area contributed by atoms with Crippen LogP contribution in [0.1, 0.15) is 13.8 Å². The molecule has 0 amide bonds. The van der Waals surface area contributed by atoms with Gasteiger partial charge in [0.25, 0.3) is 0 Å². The van der Waals surface area contributed by atoms with Gasteiger partial charge in [-0.1, -0.05) is 24.0 Å². The zero-order chi connectivity index (χ0) is 8.65. The molecule has 1 fully saturated rings. The Labute approximate surface area is 76.1 Å². The monoisotopic (exact) mass is 192 g/mol. The molecular formula is C6H12N2OS2. The Balaban J connectivity index is 2.81. The third kappa shape index (κ3) is 1.51. The predicted molar refractivity (Wildman–Crippen MR) is 50.7 cm³/mol. The standard InChI is InChI=1S/C6H12N2OS2/c1-6(2)4(7-9)8(3)5(10)11-6/h4,7,9H,1-3H3/t4-/m0/s1. The average Bonchev–Trinajstić information content (AvgIpc) is 2.03. The third-order valence-electron chi connectivity index (χ3n) is 1.81. The molecule has 0 aromatic heterocycles. The molecule has 1 aliphatic heterocycles. The minimum Gasteiger partial charge on any atom is -0.342 e. The Bertz CT molecular complexity index is 183. The molecule has 0 radical (unpaired) electrons. The average molecular weight is 192 g/mol. The highest BCUT2D eigenvalue weighted by molar-refractivity contribution is 8.24. The molecule has 0 saturated carbocycles. The first-order valence-electron chi connectivity index (χ1n) is 3.34. The first kappa shape index (κ1) is 9.25. The van der Waals surface area contributed by atoms with Crippen molar-refractivity contribution in [3.8, 4) is 0 Å². The van der Waals surface area contributed by atoms with Crippen LogP contribution in [0.5, 0.6) is 0 Å². The van der Waals surface area contributed by atoms with E-state index in [1.807, 2.05) is 25.8 Å².